The third-order valence-electron chi connectivity index (χ3n) is 5.02. The summed E-state index contributed by atoms with van der Waals surface area (Å²) in [4.78, 5) is 14.5. The van der Waals surface area contributed by atoms with Crippen LogP contribution < -0.4 is 0 Å². The molecular weight excluding hydrogens is 278 g/mol. The number of hydrogen-bond donors (Lipinski definition) is 0. The van der Waals surface area contributed by atoms with Crippen LogP contribution in [-0.2, 0) is 16.0 Å². The predicted octanol–water partition coefficient (Wildman–Crippen LogP) is 2.62. The highest BCUT2D eigenvalue weighted by atomic mass is 16.7. The Kier molecular flexibility index (Phi) is 3.76. The molecular formula is C18H23NO3. The van der Waals surface area contributed by atoms with E-state index in [2.05, 4.69) is 17.0 Å². The third kappa shape index (κ3) is 2.96. The maximum atomic E-state index is 12.0. The molecule has 1 aromatic rings. The molecule has 1 aromatic carbocycles. The van der Waals surface area contributed by atoms with E-state index in [-0.39, 0.29) is 5.79 Å². The Labute approximate surface area is 131 Å². The average Bonchev–Trinajstić information content (AvgIpc) is 3.31. The maximum absolute atomic E-state index is 12.0. The van der Waals surface area contributed by atoms with Crippen molar-refractivity contribution in [2.24, 2.45) is 5.92 Å². The zero-order valence-electron chi connectivity index (χ0n) is 12.9. The molecule has 2 saturated heterocycles. The summed E-state index contributed by atoms with van der Waals surface area (Å²) in [7, 11) is 0. The molecule has 0 N–H and O–H groups in total. The van der Waals surface area contributed by atoms with Gasteiger partial charge in [0.25, 0.3) is 0 Å². The van der Waals surface area contributed by atoms with Crippen molar-refractivity contribution in [3.63, 3.8) is 0 Å². The normalized spacial score (nSPS) is 24.7. The number of likely N-dealkylation sites (tertiary alicyclic amines) is 1. The predicted molar refractivity (Wildman–Crippen MR) is 82.6 cm³/mol. The topological polar surface area (TPSA) is 38.8 Å². The van der Waals surface area contributed by atoms with Crippen LogP contribution in [-0.4, -0.2) is 42.8 Å². The molecule has 0 unspecified atom stereocenters. The van der Waals surface area contributed by atoms with Gasteiger partial charge < -0.3 is 9.47 Å². The van der Waals surface area contributed by atoms with Gasteiger partial charge in [-0.05, 0) is 18.4 Å². The van der Waals surface area contributed by atoms with Gasteiger partial charge in [0.15, 0.2) is 11.6 Å². The quantitative estimate of drug-likeness (QED) is 0.801. The first-order chi connectivity index (χ1) is 10.7. The largest absolute Gasteiger partial charge is 0.347 e. The van der Waals surface area contributed by atoms with E-state index in [1.54, 1.807) is 0 Å². The molecule has 1 saturated carbocycles. The van der Waals surface area contributed by atoms with Gasteiger partial charge >= 0.3 is 0 Å². The lowest BCUT2D eigenvalue weighted by Gasteiger charge is -2.37. The minimum absolute atomic E-state index is 0.295. The fourth-order valence-electron chi connectivity index (χ4n) is 3.45. The molecule has 118 valence electrons. The molecule has 1 spiro atoms. The number of rotatable bonds is 4. The van der Waals surface area contributed by atoms with E-state index in [1.807, 2.05) is 12.1 Å². The Morgan fingerprint density at radius 1 is 1.09 bits per heavy atom. The summed E-state index contributed by atoms with van der Waals surface area (Å²) in [5.74, 6) is 0.328. The zero-order valence-corrected chi connectivity index (χ0v) is 12.9. The molecule has 0 atom stereocenters. The number of Topliss-reactive ketones (excluding diaryl/α,β-unsaturated/α-hetero) is 1. The maximum Gasteiger partial charge on any atom is 0.170 e. The molecule has 0 amide bonds. The second-order valence-electron chi connectivity index (χ2n) is 6.72. The van der Waals surface area contributed by atoms with Crippen molar-refractivity contribution >= 4 is 5.78 Å². The number of ketones is 1. The van der Waals surface area contributed by atoms with Gasteiger partial charge in [0.1, 0.15) is 0 Å². The summed E-state index contributed by atoms with van der Waals surface area (Å²) in [6, 6.07) is 8.18. The van der Waals surface area contributed by atoms with E-state index >= 15 is 0 Å². The zero-order chi connectivity index (χ0) is 15.0. The molecule has 0 radical (unpaired) electrons. The molecule has 3 aliphatic rings. The van der Waals surface area contributed by atoms with Crippen LogP contribution in [0.2, 0.25) is 0 Å². The molecule has 3 fully saturated rings. The second kappa shape index (κ2) is 5.76. The monoisotopic (exact) mass is 301 g/mol. The van der Waals surface area contributed by atoms with Crippen LogP contribution in [0.1, 0.15) is 41.6 Å². The van der Waals surface area contributed by atoms with Gasteiger partial charge in [0.05, 0.1) is 13.2 Å². The molecule has 4 heteroatoms. The summed E-state index contributed by atoms with van der Waals surface area (Å²) in [5, 5.41) is 0. The Hall–Kier alpha value is -1.23. The number of piperidine rings is 1. The minimum atomic E-state index is -0.295. The number of hydrogen-bond acceptors (Lipinski definition) is 4. The van der Waals surface area contributed by atoms with Crippen LogP contribution >= 0.6 is 0 Å². The number of carbonyl (C=O) groups is 1. The SMILES string of the molecule is O=C(c1ccc(CN2CCC3(CC2)OCCO3)cc1)C1CC1. The molecule has 2 heterocycles. The number of nitrogens with zero attached hydrogens (tertiary/aromatic N) is 1. The minimum Gasteiger partial charge on any atom is -0.347 e. The van der Waals surface area contributed by atoms with Crippen molar-refractivity contribution in [2.75, 3.05) is 26.3 Å². The van der Waals surface area contributed by atoms with Crippen molar-refractivity contribution < 1.29 is 14.3 Å². The number of ether oxygens (including phenoxy) is 2. The lowest BCUT2D eigenvalue weighted by Crippen LogP contribution is -2.44. The second-order valence-corrected chi connectivity index (χ2v) is 6.72. The average molecular weight is 301 g/mol. The van der Waals surface area contributed by atoms with E-state index in [1.165, 1.54) is 5.56 Å². The highest BCUT2D eigenvalue weighted by Gasteiger charge is 2.39. The Balaban J connectivity index is 1.32. The summed E-state index contributed by atoms with van der Waals surface area (Å²) >= 11 is 0. The fourth-order valence-corrected chi connectivity index (χ4v) is 3.45. The summed E-state index contributed by atoms with van der Waals surface area (Å²) in [6.07, 6.45) is 4.04. The lowest BCUT2D eigenvalue weighted by molar-refractivity contribution is -0.185. The van der Waals surface area contributed by atoms with Crippen LogP contribution in [0.3, 0.4) is 0 Å². The van der Waals surface area contributed by atoms with E-state index in [0.717, 1.165) is 64.1 Å². The van der Waals surface area contributed by atoms with Gasteiger partial charge in [-0.1, -0.05) is 24.3 Å². The Morgan fingerprint density at radius 2 is 1.73 bits per heavy atom. The standard InChI is InChI=1S/C18H23NO3/c20-17(16-5-6-16)15-3-1-14(2-4-15)13-19-9-7-18(8-10-19)21-11-12-22-18/h1-4,16H,5-13H2. The molecule has 1 aliphatic carbocycles. The summed E-state index contributed by atoms with van der Waals surface area (Å²) in [5.41, 5.74) is 2.15. The molecule has 4 nitrogen and oxygen atoms in total. The van der Waals surface area contributed by atoms with E-state index < -0.39 is 0 Å². The molecule has 0 bridgehead atoms. The first-order valence-corrected chi connectivity index (χ1v) is 8.38. The highest BCUT2D eigenvalue weighted by molar-refractivity contribution is 5.99. The van der Waals surface area contributed by atoms with Crippen LogP contribution in [0.4, 0.5) is 0 Å². The van der Waals surface area contributed by atoms with Crippen molar-refractivity contribution in [2.45, 2.75) is 38.0 Å². The van der Waals surface area contributed by atoms with E-state index in [4.69, 9.17) is 9.47 Å². The van der Waals surface area contributed by atoms with Crippen LogP contribution in [0.15, 0.2) is 24.3 Å². The summed E-state index contributed by atoms with van der Waals surface area (Å²) in [6.45, 7) is 4.41. The van der Waals surface area contributed by atoms with Crippen molar-refractivity contribution in [1.82, 2.24) is 4.90 Å². The number of carbonyl (C=O) groups excluding carboxylic acids is 1. The lowest BCUT2D eigenvalue weighted by atomic mass is 10.0. The molecule has 22 heavy (non-hydrogen) atoms. The van der Waals surface area contributed by atoms with Crippen LogP contribution in [0.5, 0.6) is 0 Å². The van der Waals surface area contributed by atoms with Gasteiger partial charge in [0, 0.05) is 44.0 Å². The summed E-state index contributed by atoms with van der Waals surface area (Å²) < 4.78 is 11.5. The van der Waals surface area contributed by atoms with Crippen molar-refractivity contribution in [3.8, 4) is 0 Å². The van der Waals surface area contributed by atoms with Crippen LogP contribution in [0.25, 0.3) is 0 Å². The molecule has 4 rings (SSSR count). The Bertz CT molecular complexity index is 534. The smallest absolute Gasteiger partial charge is 0.170 e. The fraction of sp³-hybridized carbons (Fsp3) is 0.611. The molecule has 0 aromatic heterocycles. The van der Waals surface area contributed by atoms with E-state index in [9.17, 15) is 4.79 Å². The number of benzene rings is 1. The first-order valence-electron chi connectivity index (χ1n) is 8.38. The third-order valence-corrected chi connectivity index (χ3v) is 5.02. The highest BCUT2D eigenvalue weighted by Crippen LogP contribution is 2.33. The van der Waals surface area contributed by atoms with E-state index in [0.29, 0.717) is 11.7 Å². The Morgan fingerprint density at radius 3 is 2.32 bits per heavy atom. The van der Waals surface area contributed by atoms with Gasteiger partial charge in [-0.2, -0.15) is 0 Å². The van der Waals surface area contributed by atoms with Crippen molar-refractivity contribution in [1.29, 1.82) is 0 Å². The first kappa shape index (κ1) is 14.4. The molecule has 2 aliphatic heterocycles. The van der Waals surface area contributed by atoms with Gasteiger partial charge in [-0.3, -0.25) is 9.69 Å². The van der Waals surface area contributed by atoms with Gasteiger partial charge in [0.2, 0.25) is 0 Å². The van der Waals surface area contributed by atoms with Crippen molar-refractivity contribution in [3.05, 3.63) is 35.4 Å². The van der Waals surface area contributed by atoms with Gasteiger partial charge in [-0.15, -0.1) is 0 Å². The van der Waals surface area contributed by atoms with Gasteiger partial charge in [-0.25, -0.2) is 0 Å². The van der Waals surface area contributed by atoms with Crippen LogP contribution in [0, 0.1) is 5.92 Å².